The van der Waals surface area contributed by atoms with E-state index in [1.807, 2.05) is 0 Å². The molecule has 0 aliphatic heterocycles. The Hall–Kier alpha value is -0.0740. The molecule has 2 aromatic carbocycles. The third-order valence-electron chi connectivity index (χ3n) is 5.15. The quantitative estimate of drug-likeness (QED) is 0.438. The molecular weight excluding hydrogens is 475 g/mol. The summed E-state index contributed by atoms with van der Waals surface area (Å²) >= 11 is -2.40. The monoisotopic (exact) mass is 498 g/mol. The van der Waals surface area contributed by atoms with Crippen LogP contribution in [0.3, 0.4) is 0 Å². The van der Waals surface area contributed by atoms with Crippen LogP contribution in [0.1, 0.15) is 21.2 Å². The van der Waals surface area contributed by atoms with E-state index in [9.17, 15) is 0 Å². The molecule has 4 heteroatoms. The minimum absolute atomic E-state index is 0. The number of halogens is 2. The second-order valence-electron chi connectivity index (χ2n) is 6.65. The van der Waals surface area contributed by atoms with E-state index in [2.05, 4.69) is 76.0 Å². The van der Waals surface area contributed by atoms with E-state index in [1.54, 1.807) is 14.4 Å². The first kappa shape index (κ1) is 22.0. The van der Waals surface area contributed by atoms with Crippen LogP contribution in [0.4, 0.5) is 0 Å². The van der Waals surface area contributed by atoms with E-state index >= 15 is 0 Å². The van der Waals surface area contributed by atoms with E-state index in [4.69, 9.17) is 0 Å². The summed E-state index contributed by atoms with van der Waals surface area (Å²) in [6, 6.07) is 18.1. The fraction of sp³-hybridized carbons (Fsp3) is 0.200. The van der Waals surface area contributed by atoms with Gasteiger partial charge in [0.15, 0.2) is 0 Å². The van der Waals surface area contributed by atoms with Gasteiger partial charge >= 0.3 is 149 Å². The zero-order valence-corrected chi connectivity index (χ0v) is 17.4. The molecule has 0 radical (unpaired) electrons. The zero-order chi connectivity index (χ0) is 14.4. The van der Waals surface area contributed by atoms with Crippen molar-refractivity contribution in [2.24, 2.45) is 0 Å². The van der Waals surface area contributed by atoms with Crippen LogP contribution >= 0.6 is 0 Å². The van der Waals surface area contributed by atoms with Crippen molar-refractivity contribution < 1.29 is 45.1 Å². The number of fused-ring (bicyclic) bond motifs is 3. The number of benzene rings is 2. The van der Waals surface area contributed by atoms with Crippen molar-refractivity contribution in [3.05, 3.63) is 81.2 Å². The van der Waals surface area contributed by atoms with Crippen LogP contribution in [0, 0.1) is 0 Å². The summed E-state index contributed by atoms with van der Waals surface area (Å²) in [5.74, 6) is 0. The average Bonchev–Trinajstić information content (AvgIpc) is 3.14. The Morgan fingerprint density at radius 1 is 0.833 bits per heavy atom. The maximum atomic E-state index is 2.61. The maximum absolute atomic E-state index is 2.61. The Bertz CT molecular complexity index is 735. The molecule has 0 amide bonds. The molecule has 0 fully saturated rings. The van der Waals surface area contributed by atoms with E-state index < -0.39 is 20.3 Å². The third kappa shape index (κ3) is 3.43. The van der Waals surface area contributed by atoms with Crippen LogP contribution in [0.2, 0.25) is 9.26 Å². The summed E-state index contributed by atoms with van der Waals surface area (Å²) in [4.78, 5) is 0. The van der Waals surface area contributed by atoms with Crippen molar-refractivity contribution in [1.82, 2.24) is 0 Å². The second kappa shape index (κ2) is 8.54. The van der Waals surface area contributed by atoms with Crippen LogP contribution < -0.4 is 24.8 Å². The van der Waals surface area contributed by atoms with Crippen molar-refractivity contribution in [2.75, 3.05) is 0 Å². The molecule has 0 saturated carbocycles. The van der Waals surface area contributed by atoms with E-state index in [-0.39, 0.29) is 42.4 Å². The SMILES string of the molecule is [CH3][Zr+2]([CH3])([C]1=CC=CC1)[CH]1c2ccccc2-c2ccccc21.[Cl-].[Cl-].[GeH4]. The summed E-state index contributed by atoms with van der Waals surface area (Å²) < 4.78 is 7.63. The summed E-state index contributed by atoms with van der Waals surface area (Å²) in [6.07, 6.45) is 8.16. The fourth-order valence-corrected chi connectivity index (χ4v) is 12.9. The molecule has 0 saturated heterocycles. The van der Waals surface area contributed by atoms with Gasteiger partial charge in [-0.15, -0.1) is 0 Å². The van der Waals surface area contributed by atoms with Gasteiger partial charge in [0, 0.05) is 0 Å². The van der Waals surface area contributed by atoms with Crippen molar-refractivity contribution >= 4 is 17.6 Å². The van der Waals surface area contributed by atoms with Crippen LogP contribution in [0.25, 0.3) is 11.1 Å². The van der Waals surface area contributed by atoms with Gasteiger partial charge < -0.3 is 24.8 Å². The number of rotatable bonds is 2. The van der Waals surface area contributed by atoms with Gasteiger partial charge in [0.1, 0.15) is 0 Å². The van der Waals surface area contributed by atoms with Crippen LogP contribution in [0.5, 0.6) is 0 Å². The minimum atomic E-state index is -2.40. The molecule has 0 heterocycles. The normalized spacial score (nSPS) is 14.0. The molecular formula is C20H24Cl2GeZr. The average molecular weight is 499 g/mol. The van der Waals surface area contributed by atoms with E-state index in [1.165, 1.54) is 17.5 Å². The predicted molar refractivity (Wildman–Crippen MR) is 98.6 cm³/mol. The Balaban J connectivity index is 0.000000960. The van der Waals surface area contributed by atoms with Gasteiger partial charge in [0.2, 0.25) is 0 Å². The molecule has 0 spiro atoms. The molecule has 126 valence electrons. The molecule has 2 aliphatic carbocycles. The van der Waals surface area contributed by atoms with Gasteiger partial charge in [-0.2, -0.15) is 0 Å². The molecule has 24 heavy (non-hydrogen) atoms. The van der Waals surface area contributed by atoms with E-state index in [0.29, 0.717) is 3.63 Å². The third-order valence-corrected chi connectivity index (χ3v) is 15.2. The molecule has 0 bridgehead atoms. The number of hydrogen-bond acceptors (Lipinski definition) is 0. The predicted octanol–water partition coefficient (Wildman–Crippen LogP) is -1.59. The summed E-state index contributed by atoms with van der Waals surface area (Å²) in [6.45, 7) is 0. The van der Waals surface area contributed by atoms with Crippen molar-refractivity contribution in [2.45, 2.75) is 19.3 Å². The molecule has 2 aliphatic rings. The van der Waals surface area contributed by atoms with Crippen LogP contribution in [-0.4, -0.2) is 17.6 Å². The summed E-state index contributed by atoms with van der Waals surface area (Å²) in [5.41, 5.74) is 6.09. The van der Waals surface area contributed by atoms with Gasteiger partial charge in [-0.05, 0) is 0 Å². The number of hydrogen-bond donors (Lipinski definition) is 0. The van der Waals surface area contributed by atoms with Crippen molar-refractivity contribution in [1.29, 1.82) is 0 Å². The summed E-state index contributed by atoms with van der Waals surface area (Å²) in [7, 11) is 0. The molecule has 0 N–H and O–H groups in total. The standard InChI is InChI=1S/C13H9.C5H5.2CH3.2ClH.GeH4.Zr/c1-3-7-12-10(5-1)9-11-6-2-4-8-13(11)12;1-2-4-5-3-1;;;;;;/h1-9H;1-3H,4H2;2*1H3;2*1H;1H4;/q;;;;;;;+2/p-2. The van der Waals surface area contributed by atoms with Crippen molar-refractivity contribution in [3.63, 3.8) is 0 Å². The molecule has 2 aromatic rings. The van der Waals surface area contributed by atoms with Gasteiger partial charge in [-0.25, -0.2) is 0 Å². The topological polar surface area (TPSA) is 0 Å². The molecule has 0 atom stereocenters. The first-order valence-electron chi connectivity index (χ1n) is 7.74. The van der Waals surface area contributed by atoms with Gasteiger partial charge in [-0.1, -0.05) is 0 Å². The fourth-order valence-electron chi connectivity index (χ4n) is 4.04. The number of allylic oxidation sites excluding steroid dienone is 4. The molecule has 0 unspecified atom stereocenters. The Morgan fingerprint density at radius 2 is 1.33 bits per heavy atom. The summed E-state index contributed by atoms with van der Waals surface area (Å²) in [5, 5.41) is 0. The van der Waals surface area contributed by atoms with E-state index in [0.717, 1.165) is 0 Å². The Labute approximate surface area is 173 Å². The van der Waals surface area contributed by atoms with Gasteiger partial charge in [0.05, 0.1) is 0 Å². The van der Waals surface area contributed by atoms with Crippen molar-refractivity contribution in [3.8, 4) is 11.1 Å². The van der Waals surface area contributed by atoms with Gasteiger partial charge in [-0.3, -0.25) is 0 Å². The van der Waals surface area contributed by atoms with Gasteiger partial charge in [0.25, 0.3) is 0 Å². The Morgan fingerprint density at radius 3 is 1.79 bits per heavy atom. The first-order chi connectivity index (χ1) is 10.2. The van der Waals surface area contributed by atoms with Crippen LogP contribution in [-0.2, 0) is 20.3 Å². The zero-order valence-electron chi connectivity index (χ0n) is 13.4. The Kier molecular flexibility index (Phi) is 7.82. The molecule has 0 nitrogen and oxygen atoms in total. The second-order valence-corrected chi connectivity index (χ2v) is 18.1. The van der Waals surface area contributed by atoms with Crippen LogP contribution in [0.15, 0.2) is 70.0 Å². The first-order valence-corrected chi connectivity index (χ1v) is 15.3. The molecule has 0 aromatic heterocycles. The molecule has 4 rings (SSSR count).